The molecule has 0 saturated carbocycles. The number of rotatable bonds is 4. The fraction of sp³-hybridized carbons (Fsp3) is 0.0870. The number of anilines is 1. The molecule has 0 bridgehead atoms. The van der Waals surface area contributed by atoms with Crippen LogP contribution in [0.3, 0.4) is 0 Å². The smallest absolute Gasteiger partial charge is 0.265 e. The van der Waals surface area contributed by atoms with Crippen LogP contribution in [0, 0.1) is 12.7 Å². The first-order chi connectivity index (χ1) is 14.0. The van der Waals surface area contributed by atoms with Gasteiger partial charge in [-0.2, -0.15) is 0 Å². The standard InChI is InChI=1S/C23H18FN3O2/c1-15-8-10-16(11-9-15)14-27-21-17(5-4-12-25-21)13-18(23(27)29)22(28)26-20-7-3-2-6-19(20)24/h2-13H,14H2,1H3,(H,26,28). The van der Waals surface area contributed by atoms with Gasteiger partial charge in [0.05, 0.1) is 12.2 Å². The van der Waals surface area contributed by atoms with Crippen molar-refractivity contribution >= 4 is 22.6 Å². The van der Waals surface area contributed by atoms with Crippen molar-refractivity contribution < 1.29 is 9.18 Å². The van der Waals surface area contributed by atoms with Gasteiger partial charge in [0.15, 0.2) is 0 Å². The highest BCUT2D eigenvalue weighted by Gasteiger charge is 2.17. The summed E-state index contributed by atoms with van der Waals surface area (Å²) in [5, 5.41) is 3.13. The minimum absolute atomic E-state index is 0.0215. The molecule has 2 aromatic carbocycles. The molecule has 0 fully saturated rings. The molecule has 0 saturated heterocycles. The van der Waals surface area contributed by atoms with E-state index in [0.29, 0.717) is 11.0 Å². The van der Waals surface area contributed by atoms with Crippen LogP contribution >= 0.6 is 0 Å². The molecule has 2 heterocycles. The predicted octanol–water partition coefficient (Wildman–Crippen LogP) is 4.14. The molecule has 144 valence electrons. The van der Waals surface area contributed by atoms with E-state index in [2.05, 4.69) is 10.3 Å². The molecule has 0 aliphatic rings. The van der Waals surface area contributed by atoms with Gasteiger partial charge in [-0.3, -0.25) is 14.2 Å². The second-order valence-electron chi connectivity index (χ2n) is 6.79. The van der Waals surface area contributed by atoms with E-state index in [9.17, 15) is 14.0 Å². The fourth-order valence-electron chi connectivity index (χ4n) is 3.14. The van der Waals surface area contributed by atoms with Crippen LogP contribution in [0.2, 0.25) is 0 Å². The first-order valence-electron chi connectivity index (χ1n) is 9.13. The monoisotopic (exact) mass is 387 g/mol. The van der Waals surface area contributed by atoms with Crippen molar-refractivity contribution in [3.8, 4) is 0 Å². The summed E-state index contributed by atoms with van der Waals surface area (Å²) in [6, 6.07) is 18.6. The molecule has 0 spiro atoms. The van der Waals surface area contributed by atoms with Gasteiger partial charge in [0.25, 0.3) is 11.5 Å². The molecule has 0 atom stereocenters. The minimum Gasteiger partial charge on any atom is -0.319 e. The molecule has 0 radical (unpaired) electrons. The fourth-order valence-corrected chi connectivity index (χ4v) is 3.14. The Morgan fingerprint density at radius 1 is 1.07 bits per heavy atom. The zero-order chi connectivity index (χ0) is 20.4. The molecule has 1 amide bonds. The maximum atomic E-state index is 13.9. The summed E-state index contributed by atoms with van der Waals surface area (Å²) in [4.78, 5) is 30.2. The van der Waals surface area contributed by atoms with E-state index in [4.69, 9.17) is 0 Å². The molecule has 6 heteroatoms. The van der Waals surface area contributed by atoms with Crippen molar-refractivity contribution in [2.24, 2.45) is 0 Å². The highest BCUT2D eigenvalue weighted by Crippen LogP contribution is 2.16. The highest BCUT2D eigenvalue weighted by molar-refractivity contribution is 6.05. The molecule has 5 nitrogen and oxygen atoms in total. The highest BCUT2D eigenvalue weighted by atomic mass is 19.1. The molecule has 0 unspecified atom stereocenters. The summed E-state index contributed by atoms with van der Waals surface area (Å²) in [6.07, 6.45) is 1.60. The Morgan fingerprint density at radius 3 is 2.59 bits per heavy atom. The Labute approximate surface area is 166 Å². The summed E-state index contributed by atoms with van der Waals surface area (Å²) >= 11 is 0. The Balaban J connectivity index is 1.80. The number of amides is 1. The quantitative estimate of drug-likeness (QED) is 0.572. The summed E-state index contributed by atoms with van der Waals surface area (Å²) in [7, 11) is 0. The lowest BCUT2D eigenvalue weighted by atomic mass is 10.1. The van der Waals surface area contributed by atoms with Crippen LogP contribution in [-0.2, 0) is 6.54 Å². The molecule has 29 heavy (non-hydrogen) atoms. The van der Waals surface area contributed by atoms with Gasteiger partial charge in [0.1, 0.15) is 17.0 Å². The van der Waals surface area contributed by atoms with E-state index in [1.165, 1.54) is 28.8 Å². The number of aromatic nitrogens is 2. The van der Waals surface area contributed by atoms with E-state index < -0.39 is 17.3 Å². The number of carbonyl (C=O) groups is 1. The molecule has 0 aliphatic carbocycles. The van der Waals surface area contributed by atoms with E-state index in [0.717, 1.165) is 11.1 Å². The van der Waals surface area contributed by atoms with Gasteiger partial charge in [-0.25, -0.2) is 9.37 Å². The normalized spacial score (nSPS) is 10.8. The first-order valence-corrected chi connectivity index (χ1v) is 9.13. The summed E-state index contributed by atoms with van der Waals surface area (Å²) in [6.45, 7) is 2.26. The number of nitrogens with zero attached hydrogens (tertiary/aromatic N) is 2. The SMILES string of the molecule is Cc1ccc(Cn2c(=O)c(C(=O)Nc3ccccc3F)cc3cccnc32)cc1. The lowest BCUT2D eigenvalue weighted by molar-refractivity contribution is 0.102. The average Bonchev–Trinajstić information content (AvgIpc) is 2.73. The lowest BCUT2D eigenvalue weighted by Crippen LogP contribution is -2.30. The Morgan fingerprint density at radius 2 is 1.83 bits per heavy atom. The average molecular weight is 387 g/mol. The van der Waals surface area contributed by atoms with Gasteiger partial charge >= 0.3 is 0 Å². The van der Waals surface area contributed by atoms with Crippen LogP contribution in [-0.4, -0.2) is 15.5 Å². The number of nitrogens with one attached hydrogen (secondary N) is 1. The second-order valence-corrected chi connectivity index (χ2v) is 6.79. The molecular formula is C23H18FN3O2. The maximum absolute atomic E-state index is 13.9. The minimum atomic E-state index is -0.663. The van der Waals surface area contributed by atoms with Crippen LogP contribution in [0.1, 0.15) is 21.5 Å². The number of aryl methyl sites for hydroxylation is 1. The third-order valence-electron chi connectivity index (χ3n) is 4.68. The van der Waals surface area contributed by atoms with Crippen molar-refractivity contribution in [1.29, 1.82) is 0 Å². The largest absolute Gasteiger partial charge is 0.319 e. The van der Waals surface area contributed by atoms with Gasteiger partial charge in [-0.05, 0) is 42.8 Å². The van der Waals surface area contributed by atoms with Crippen molar-refractivity contribution in [3.63, 3.8) is 0 Å². The number of hydrogen-bond donors (Lipinski definition) is 1. The van der Waals surface area contributed by atoms with Crippen LogP contribution < -0.4 is 10.9 Å². The Hall–Kier alpha value is -3.80. The van der Waals surface area contributed by atoms with Crippen LogP contribution in [0.25, 0.3) is 11.0 Å². The van der Waals surface area contributed by atoms with Crippen molar-refractivity contribution in [2.75, 3.05) is 5.32 Å². The van der Waals surface area contributed by atoms with Gasteiger partial charge in [0, 0.05) is 11.6 Å². The number of fused-ring (bicyclic) bond motifs is 1. The third-order valence-corrected chi connectivity index (χ3v) is 4.68. The molecule has 4 rings (SSSR count). The number of hydrogen-bond acceptors (Lipinski definition) is 3. The maximum Gasteiger partial charge on any atom is 0.265 e. The van der Waals surface area contributed by atoms with E-state index >= 15 is 0 Å². The van der Waals surface area contributed by atoms with Gasteiger partial charge in [0.2, 0.25) is 0 Å². The summed E-state index contributed by atoms with van der Waals surface area (Å²) in [5.41, 5.74) is 1.98. The van der Waals surface area contributed by atoms with Gasteiger partial charge in [-0.1, -0.05) is 42.0 Å². The van der Waals surface area contributed by atoms with E-state index in [-0.39, 0.29) is 17.8 Å². The number of para-hydroxylation sites is 1. The number of carbonyl (C=O) groups excluding carboxylic acids is 1. The van der Waals surface area contributed by atoms with Gasteiger partial charge < -0.3 is 5.32 Å². The number of benzene rings is 2. The van der Waals surface area contributed by atoms with Crippen LogP contribution in [0.15, 0.2) is 77.7 Å². The van der Waals surface area contributed by atoms with Crippen molar-refractivity contribution in [1.82, 2.24) is 9.55 Å². The predicted molar refractivity (Wildman–Crippen MR) is 111 cm³/mol. The molecule has 1 N–H and O–H groups in total. The summed E-state index contributed by atoms with van der Waals surface area (Å²) in [5.74, 6) is -1.23. The third kappa shape index (κ3) is 3.78. The van der Waals surface area contributed by atoms with E-state index in [1.54, 1.807) is 24.4 Å². The molecular weight excluding hydrogens is 369 g/mol. The molecule has 0 aliphatic heterocycles. The summed E-state index contributed by atoms with van der Waals surface area (Å²) < 4.78 is 15.4. The zero-order valence-electron chi connectivity index (χ0n) is 15.7. The van der Waals surface area contributed by atoms with Crippen LogP contribution in [0.5, 0.6) is 0 Å². The topological polar surface area (TPSA) is 64.0 Å². The van der Waals surface area contributed by atoms with Gasteiger partial charge in [-0.15, -0.1) is 0 Å². The molecule has 2 aromatic heterocycles. The first kappa shape index (κ1) is 18.6. The number of pyridine rings is 2. The Kier molecular flexibility index (Phi) is 4.91. The zero-order valence-corrected chi connectivity index (χ0v) is 15.7. The second kappa shape index (κ2) is 7.67. The van der Waals surface area contributed by atoms with Crippen LogP contribution in [0.4, 0.5) is 10.1 Å². The number of halogens is 1. The Bertz CT molecular complexity index is 1260. The van der Waals surface area contributed by atoms with Crippen molar-refractivity contribution in [3.05, 3.63) is 106 Å². The molecule has 4 aromatic rings. The van der Waals surface area contributed by atoms with Crippen molar-refractivity contribution in [2.45, 2.75) is 13.5 Å². The van der Waals surface area contributed by atoms with E-state index in [1.807, 2.05) is 31.2 Å². The lowest BCUT2D eigenvalue weighted by Gasteiger charge is -2.13.